The van der Waals surface area contributed by atoms with Gasteiger partial charge in [0.1, 0.15) is 12.4 Å². The van der Waals surface area contributed by atoms with Crippen LogP contribution >= 0.6 is 0 Å². The maximum Gasteiger partial charge on any atom is 0.156 e. The number of nitrogens with zero attached hydrogens (tertiary/aromatic N) is 2. The summed E-state index contributed by atoms with van der Waals surface area (Å²) in [6.07, 6.45) is 3.74. The van der Waals surface area contributed by atoms with Crippen molar-refractivity contribution in [1.82, 2.24) is 9.97 Å². The Bertz CT molecular complexity index is 392. The van der Waals surface area contributed by atoms with Crippen molar-refractivity contribution in [3.05, 3.63) is 17.6 Å². The minimum Gasteiger partial charge on any atom is -0.376 e. The molecule has 1 aliphatic rings. The van der Waals surface area contributed by atoms with E-state index >= 15 is 0 Å². The van der Waals surface area contributed by atoms with Crippen LogP contribution in [0.15, 0.2) is 6.07 Å². The van der Waals surface area contributed by atoms with Crippen molar-refractivity contribution >= 4 is 5.82 Å². The third kappa shape index (κ3) is 4.76. The maximum absolute atomic E-state index is 5.67. The Labute approximate surface area is 114 Å². The second kappa shape index (κ2) is 7.40. The van der Waals surface area contributed by atoms with Crippen molar-refractivity contribution in [1.29, 1.82) is 0 Å². The molecule has 1 N–H and O–H groups in total. The minimum atomic E-state index is 0.242. The lowest BCUT2D eigenvalue weighted by Gasteiger charge is -2.22. The predicted molar refractivity (Wildman–Crippen MR) is 74.2 cm³/mol. The normalized spacial score (nSPS) is 19.4. The number of hydrogen-bond donors (Lipinski definition) is 1. The molecule has 2 rings (SSSR count). The van der Waals surface area contributed by atoms with E-state index in [9.17, 15) is 0 Å². The van der Waals surface area contributed by atoms with Gasteiger partial charge in [0.15, 0.2) is 5.82 Å². The van der Waals surface area contributed by atoms with Gasteiger partial charge in [-0.25, -0.2) is 9.97 Å². The van der Waals surface area contributed by atoms with Crippen LogP contribution < -0.4 is 5.32 Å². The van der Waals surface area contributed by atoms with E-state index in [4.69, 9.17) is 9.47 Å². The lowest BCUT2D eigenvalue weighted by atomic mass is 10.1. The number of aryl methyl sites for hydroxylation is 1. The van der Waals surface area contributed by atoms with Crippen molar-refractivity contribution in [2.75, 3.05) is 25.1 Å². The second-order valence-electron chi connectivity index (χ2n) is 4.84. The number of hydrogen-bond acceptors (Lipinski definition) is 5. The number of nitrogens with one attached hydrogen (secondary N) is 1. The molecule has 0 bridgehead atoms. The summed E-state index contributed by atoms with van der Waals surface area (Å²) in [6, 6.07) is 1.94. The van der Waals surface area contributed by atoms with Gasteiger partial charge in [-0.1, -0.05) is 0 Å². The molecule has 1 aromatic rings. The highest BCUT2D eigenvalue weighted by Gasteiger charge is 2.14. The highest BCUT2D eigenvalue weighted by molar-refractivity contribution is 5.35. The third-order valence-electron chi connectivity index (χ3n) is 3.07. The van der Waals surface area contributed by atoms with Crippen LogP contribution in [0.2, 0.25) is 0 Å². The average Bonchev–Trinajstić information content (AvgIpc) is 2.40. The van der Waals surface area contributed by atoms with Crippen molar-refractivity contribution in [2.45, 2.75) is 45.8 Å². The van der Waals surface area contributed by atoms with Crippen LogP contribution in [-0.4, -0.2) is 35.8 Å². The molecule has 0 saturated carbocycles. The Hall–Kier alpha value is -1.20. The Morgan fingerprint density at radius 3 is 3.05 bits per heavy atom. The zero-order valence-electron chi connectivity index (χ0n) is 11.8. The van der Waals surface area contributed by atoms with Crippen LogP contribution in [0.4, 0.5) is 5.82 Å². The lowest BCUT2D eigenvalue weighted by Crippen LogP contribution is -2.24. The molecular formula is C14H23N3O2. The molecule has 0 aromatic carbocycles. The maximum atomic E-state index is 5.67. The van der Waals surface area contributed by atoms with Crippen LogP contribution in [0.25, 0.3) is 0 Å². The van der Waals surface area contributed by atoms with E-state index < -0.39 is 0 Å². The van der Waals surface area contributed by atoms with E-state index in [1.54, 1.807) is 0 Å². The summed E-state index contributed by atoms with van der Waals surface area (Å²) in [4.78, 5) is 8.80. The molecule has 5 nitrogen and oxygen atoms in total. The van der Waals surface area contributed by atoms with Crippen molar-refractivity contribution in [2.24, 2.45) is 0 Å². The molecule has 19 heavy (non-hydrogen) atoms. The topological polar surface area (TPSA) is 56.3 Å². The standard InChI is InChI=1S/C14H23N3O2/c1-3-15-13-8-11(2)16-14(17-13)10-18-9-12-6-4-5-7-19-12/h8,12H,3-7,9-10H2,1-2H3,(H,15,16,17). The highest BCUT2D eigenvalue weighted by atomic mass is 16.5. The van der Waals surface area contributed by atoms with E-state index in [-0.39, 0.29) is 6.10 Å². The van der Waals surface area contributed by atoms with Gasteiger partial charge in [-0.05, 0) is 33.1 Å². The zero-order chi connectivity index (χ0) is 13.5. The number of aromatic nitrogens is 2. The Morgan fingerprint density at radius 2 is 2.32 bits per heavy atom. The van der Waals surface area contributed by atoms with Crippen LogP contribution in [-0.2, 0) is 16.1 Å². The summed E-state index contributed by atoms with van der Waals surface area (Å²) in [5.74, 6) is 1.59. The van der Waals surface area contributed by atoms with Gasteiger partial charge in [-0.2, -0.15) is 0 Å². The number of anilines is 1. The Morgan fingerprint density at radius 1 is 1.42 bits per heavy atom. The quantitative estimate of drug-likeness (QED) is 0.855. The predicted octanol–water partition coefficient (Wildman–Crippen LogP) is 2.30. The molecule has 0 radical (unpaired) electrons. The molecule has 0 amide bonds. The van der Waals surface area contributed by atoms with E-state index in [1.165, 1.54) is 12.8 Å². The molecule has 0 spiro atoms. The van der Waals surface area contributed by atoms with Gasteiger partial charge < -0.3 is 14.8 Å². The van der Waals surface area contributed by atoms with Gasteiger partial charge in [0, 0.05) is 24.9 Å². The minimum absolute atomic E-state index is 0.242. The lowest BCUT2D eigenvalue weighted by molar-refractivity contribution is -0.0458. The van der Waals surface area contributed by atoms with E-state index in [0.717, 1.165) is 36.9 Å². The second-order valence-corrected chi connectivity index (χ2v) is 4.84. The molecule has 2 heterocycles. The fourth-order valence-corrected chi connectivity index (χ4v) is 2.19. The summed E-state index contributed by atoms with van der Waals surface area (Å²) in [5.41, 5.74) is 0.957. The first-order chi connectivity index (χ1) is 9.28. The molecule has 1 fully saturated rings. The fourth-order valence-electron chi connectivity index (χ4n) is 2.19. The molecule has 1 aliphatic heterocycles. The molecule has 1 aromatic heterocycles. The zero-order valence-corrected chi connectivity index (χ0v) is 11.8. The third-order valence-corrected chi connectivity index (χ3v) is 3.07. The van der Waals surface area contributed by atoms with Gasteiger partial charge in [0.05, 0.1) is 12.7 Å². The summed E-state index contributed by atoms with van der Waals surface area (Å²) in [6.45, 7) is 6.81. The Balaban J connectivity index is 1.81. The van der Waals surface area contributed by atoms with Gasteiger partial charge in [-0.3, -0.25) is 0 Å². The van der Waals surface area contributed by atoms with Crippen molar-refractivity contribution < 1.29 is 9.47 Å². The van der Waals surface area contributed by atoms with Gasteiger partial charge >= 0.3 is 0 Å². The van der Waals surface area contributed by atoms with Gasteiger partial charge in [0.2, 0.25) is 0 Å². The summed E-state index contributed by atoms with van der Waals surface area (Å²) >= 11 is 0. The van der Waals surface area contributed by atoms with E-state index in [2.05, 4.69) is 15.3 Å². The first-order valence-electron chi connectivity index (χ1n) is 7.05. The van der Waals surface area contributed by atoms with Gasteiger partial charge in [-0.15, -0.1) is 0 Å². The average molecular weight is 265 g/mol. The molecule has 0 aliphatic carbocycles. The summed E-state index contributed by atoms with van der Waals surface area (Å²) in [5, 5.41) is 3.20. The molecule has 1 atom stereocenters. The highest BCUT2D eigenvalue weighted by Crippen LogP contribution is 2.13. The van der Waals surface area contributed by atoms with Crippen LogP contribution in [0, 0.1) is 6.92 Å². The monoisotopic (exact) mass is 265 g/mol. The van der Waals surface area contributed by atoms with Crippen LogP contribution in [0.5, 0.6) is 0 Å². The largest absolute Gasteiger partial charge is 0.376 e. The summed E-state index contributed by atoms with van der Waals surface area (Å²) in [7, 11) is 0. The number of ether oxygens (including phenoxy) is 2. The molecule has 1 saturated heterocycles. The molecule has 106 valence electrons. The Kier molecular flexibility index (Phi) is 5.54. The first-order valence-corrected chi connectivity index (χ1v) is 7.05. The number of rotatable bonds is 6. The molecular weight excluding hydrogens is 242 g/mol. The van der Waals surface area contributed by atoms with Crippen molar-refractivity contribution in [3.8, 4) is 0 Å². The fraction of sp³-hybridized carbons (Fsp3) is 0.714. The SMILES string of the molecule is CCNc1cc(C)nc(COCC2CCCCO2)n1. The van der Waals surface area contributed by atoms with Gasteiger partial charge in [0.25, 0.3) is 0 Å². The molecule has 5 heteroatoms. The van der Waals surface area contributed by atoms with E-state index in [0.29, 0.717) is 13.2 Å². The summed E-state index contributed by atoms with van der Waals surface area (Å²) < 4.78 is 11.3. The van der Waals surface area contributed by atoms with Crippen LogP contribution in [0.3, 0.4) is 0 Å². The van der Waals surface area contributed by atoms with E-state index in [1.807, 2.05) is 19.9 Å². The smallest absolute Gasteiger partial charge is 0.156 e. The van der Waals surface area contributed by atoms with Crippen LogP contribution in [0.1, 0.15) is 37.7 Å². The van der Waals surface area contributed by atoms with Crippen molar-refractivity contribution in [3.63, 3.8) is 0 Å². The first kappa shape index (κ1) is 14.2. The molecule has 1 unspecified atom stereocenters.